The van der Waals surface area contributed by atoms with Gasteiger partial charge in [-0.1, -0.05) is 35.0 Å². The maximum absolute atomic E-state index is 3.53. The van der Waals surface area contributed by atoms with Crippen molar-refractivity contribution in [1.29, 1.82) is 0 Å². The summed E-state index contributed by atoms with van der Waals surface area (Å²) in [5.74, 6) is 0.814. The Balaban J connectivity index is 2.13. The van der Waals surface area contributed by atoms with Crippen LogP contribution in [0.4, 0.5) is 0 Å². The topological polar surface area (TPSA) is 12.0 Å². The molecule has 0 bridgehead atoms. The molecule has 1 aromatic carbocycles. The second-order valence-corrected chi connectivity index (χ2v) is 4.77. The summed E-state index contributed by atoms with van der Waals surface area (Å²) in [6, 6.07) is 9.18. The van der Waals surface area contributed by atoms with Gasteiger partial charge in [0, 0.05) is 10.5 Å². The van der Waals surface area contributed by atoms with Gasteiger partial charge in [-0.2, -0.15) is 0 Å². The van der Waals surface area contributed by atoms with Crippen LogP contribution in [0.1, 0.15) is 24.9 Å². The molecule has 2 heteroatoms. The average Bonchev–Trinajstić information content (AvgIpc) is 2.53. The number of hydrogen-bond acceptors (Lipinski definition) is 1. The van der Waals surface area contributed by atoms with Crippen LogP contribution in [-0.4, -0.2) is 6.54 Å². The van der Waals surface area contributed by atoms with Gasteiger partial charge >= 0.3 is 0 Å². The molecule has 2 rings (SSSR count). The molecule has 0 radical (unpaired) electrons. The van der Waals surface area contributed by atoms with E-state index in [1.807, 2.05) is 0 Å². The minimum atomic E-state index is 0.572. The molecule has 1 saturated heterocycles. The van der Waals surface area contributed by atoms with Gasteiger partial charge in [0.05, 0.1) is 0 Å². The van der Waals surface area contributed by atoms with Crippen molar-refractivity contribution in [2.45, 2.75) is 19.4 Å². The Morgan fingerprint density at radius 3 is 2.54 bits per heavy atom. The highest BCUT2D eigenvalue weighted by molar-refractivity contribution is 9.10. The van der Waals surface area contributed by atoms with Crippen LogP contribution in [0.5, 0.6) is 0 Å². The lowest BCUT2D eigenvalue weighted by Crippen LogP contribution is -2.13. The van der Waals surface area contributed by atoms with Crippen LogP contribution in [0.15, 0.2) is 28.7 Å². The van der Waals surface area contributed by atoms with E-state index in [9.17, 15) is 0 Å². The van der Waals surface area contributed by atoms with Crippen LogP contribution in [0.25, 0.3) is 0 Å². The predicted octanol–water partition coefficient (Wildman–Crippen LogP) is 3.12. The molecule has 0 amide bonds. The first-order valence-electron chi connectivity index (χ1n) is 4.74. The van der Waals surface area contributed by atoms with Gasteiger partial charge < -0.3 is 5.32 Å². The zero-order valence-electron chi connectivity index (χ0n) is 7.76. The van der Waals surface area contributed by atoms with Crippen molar-refractivity contribution in [3.63, 3.8) is 0 Å². The first-order chi connectivity index (χ1) is 6.25. The molecule has 1 aliphatic heterocycles. The molecule has 70 valence electrons. The van der Waals surface area contributed by atoms with E-state index in [2.05, 4.69) is 52.4 Å². The van der Waals surface area contributed by atoms with Gasteiger partial charge in [-0.25, -0.2) is 0 Å². The highest BCUT2D eigenvalue weighted by Gasteiger charge is 2.21. The maximum Gasteiger partial charge on any atom is 0.0323 e. The van der Waals surface area contributed by atoms with Gasteiger partial charge in [0.1, 0.15) is 0 Å². The molecule has 1 heterocycles. The number of benzene rings is 1. The Morgan fingerprint density at radius 2 is 2.00 bits per heavy atom. The zero-order chi connectivity index (χ0) is 9.26. The summed E-state index contributed by atoms with van der Waals surface area (Å²) >= 11 is 3.45. The summed E-state index contributed by atoms with van der Waals surface area (Å²) in [4.78, 5) is 0. The normalized spacial score (nSPS) is 27.8. The van der Waals surface area contributed by atoms with Gasteiger partial charge in [0.15, 0.2) is 0 Å². The molecule has 2 unspecified atom stereocenters. The minimum absolute atomic E-state index is 0.572. The highest BCUT2D eigenvalue weighted by Crippen LogP contribution is 2.27. The molecule has 1 fully saturated rings. The zero-order valence-corrected chi connectivity index (χ0v) is 9.34. The number of nitrogens with one attached hydrogen (secondary N) is 1. The SMILES string of the molecule is CC1CNC(c2ccc(Br)cc2)C1. The van der Waals surface area contributed by atoms with Crippen LogP contribution in [0.2, 0.25) is 0 Å². The molecule has 1 nitrogen and oxygen atoms in total. The molecule has 13 heavy (non-hydrogen) atoms. The van der Waals surface area contributed by atoms with Crippen molar-refractivity contribution >= 4 is 15.9 Å². The molecule has 0 aromatic heterocycles. The molecule has 1 aliphatic rings. The van der Waals surface area contributed by atoms with Gasteiger partial charge in [-0.3, -0.25) is 0 Å². The third-order valence-corrected chi connectivity index (χ3v) is 3.15. The van der Waals surface area contributed by atoms with E-state index in [1.165, 1.54) is 12.0 Å². The first kappa shape index (κ1) is 9.22. The first-order valence-corrected chi connectivity index (χ1v) is 5.54. The van der Waals surface area contributed by atoms with Gasteiger partial charge in [-0.05, 0) is 36.6 Å². The summed E-state index contributed by atoms with van der Waals surface area (Å²) < 4.78 is 1.15. The molecule has 0 spiro atoms. The summed E-state index contributed by atoms with van der Waals surface area (Å²) in [5, 5.41) is 3.53. The smallest absolute Gasteiger partial charge is 0.0323 e. The fourth-order valence-electron chi connectivity index (χ4n) is 1.86. The van der Waals surface area contributed by atoms with E-state index < -0.39 is 0 Å². The maximum atomic E-state index is 3.53. The van der Waals surface area contributed by atoms with Crippen molar-refractivity contribution in [3.05, 3.63) is 34.3 Å². The quantitative estimate of drug-likeness (QED) is 0.795. The molecular weight excluding hydrogens is 226 g/mol. The molecule has 0 saturated carbocycles. The van der Waals surface area contributed by atoms with Crippen molar-refractivity contribution < 1.29 is 0 Å². The largest absolute Gasteiger partial charge is 0.310 e. The second-order valence-electron chi connectivity index (χ2n) is 3.85. The lowest BCUT2D eigenvalue weighted by Gasteiger charge is -2.10. The van der Waals surface area contributed by atoms with Crippen LogP contribution in [0, 0.1) is 5.92 Å². The second kappa shape index (κ2) is 3.81. The third-order valence-electron chi connectivity index (χ3n) is 2.62. The van der Waals surface area contributed by atoms with E-state index in [0.717, 1.165) is 16.9 Å². The molecular formula is C11H14BrN. The molecule has 2 atom stereocenters. The monoisotopic (exact) mass is 239 g/mol. The third kappa shape index (κ3) is 2.12. The fraction of sp³-hybridized carbons (Fsp3) is 0.455. The van der Waals surface area contributed by atoms with Gasteiger partial charge in [-0.15, -0.1) is 0 Å². The Labute approximate surface area is 87.7 Å². The number of hydrogen-bond donors (Lipinski definition) is 1. The lowest BCUT2D eigenvalue weighted by molar-refractivity contribution is 0.612. The summed E-state index contributed by atoms with van der Waals surface area (Å²) in [7, 11) is 0. The Morgan fingerprint density at radius 1 is 1.31 bits per heavy atom. The number of rotatable bonds is 1. The lowest BCUT2D eigenvalue weighted by atomic mass is 10.0. The Hall–Kier alpha value is -0.340. The van der Waals surface area contributed by atoms with Gasteiger partial charge in [0.2, 0.25) is 0 Å². The predicted molar refractivity (Wildman–Crippen MR) is 58.7 cm³/mol. The van der Waals surface area contributed by atoms with Crippen LogP contribution < -0.4 is 5.32 Å². The van der Waals surface area contributed by atoms with Gasteiger partial charge in [0.25, 0.3) is 0 Å². The van der Waals surface area contributed by atoms with Crippen LogP contribution in [-0.2, 0) is 0 Å². The molecule has 1 aromatic rings. The van der Waals surface area contributed by atoms with E-state index in [1.54, 1.807) is 0 Å². The summed E-state index contributed by atoms with van der Waals surface area (Å²) in [5.41, 5.74) is 1.41. The highest BCUT2D eigenvalue weighted by atomic mass is 79.9. The van der Waals surface area contributed by atoms with Crippen molar-refractivity contribution in [1.82, 2.24) is 5.32 Å². The standard InChI is InChI=1S/C11H14BrN/c1-8-6-11(13-7-8)9-2-4-10(12)5-3-9/h2-5,8,11,13H,6-7H2,1H3. The van der Waals surface area contributed by atoms with E-state index >= 15 is 0 Å². The van der Waals surface area contributed by atoms with Crippen LogP contribution >= 0.6 is 15.9 Å². The van der Waals surface area contributed by atoms with Crippen molar-refractivity contribution in [2.75, 3.05) is 6.54 Å². The number of halogens is 1. The van der Waals surface area contributed by atoms with E-state index in [4.69, 9.17) is 0 Å². The molecule has 1 N–H and O–H groups in total. The Bertz CT molecular complexity index is 281. The van der Waals surface area contributed by atoms with Crippen molar-refractivity contribution in [3.8, 4) is 0 Å². The van der Waals surface area contributed by atoms with Crippen molar-refractivity contribution in [2.24, 2.45) is 5.92 Å². The minimum Gasteiger partial charge on any atom is -0.310 e. The van der Waals surface area contributed by atoms with Crippen LogP contribution in [0.3, 0.4) is 0 Å². The molecule has 0 aliphatic carbocycles. The average molecular weight is 240 g/mol. The summed E-state index contributed by atoms with van der Waals surface area (Å²) in [6.07, 6.45) is 1.27. The summed E-state index contributed by atoms with van der Waals surface area (Å²) in [6.45, 7) is 3.45. The van der Waals surface area contributed by atoms with E-state index in [0.29, 0.717) is 6.04 Å². The fourth-order valence-corrected chi connectivity index (χ4v) is 2.13. The van der Waals surface area contributed by atoms with E-state index in [-0.39, 0.29) is 0 Å². The Kier molecular flexibility index (Phi) is 2.70.